The van der Waals surface area contributed by atoms with Gasteiger partial charge in [0, 0.05) is 11.1 Å². The molecule has 0 saturated heterocycles. The molecule has 0 unspecified atom stereocenters. The van der Waals surface area contributed by atoms with Crippen LogP contribution in [0.2, 0.25) is 36.3 Å². The van der Waals surface area contributed by atoms with Crippen LogP contribution >= 0.6 is 11.6 Å². The molecule has 0 saturated carbocycles. The summed E-state index contributed by atoms with van der Waals surface area (Å²) in [4.78, 5) is 26.1. The standard InChI is InChI=1S/C41H67ClN2O5Si2/c1-30(28-32-24-26-34(35(29-32)47-12)49-51(15,16)41(9,10)11)20-17-18-22-36(45)44-37(39(3,4)5)38(46)43-27-19-21-33(25-23-31(2)42)48-50(13,14)40(6,7)8/h17-20,22-24,26-29,33,37H,21,25H2,1-16H3,(H,43,46)(H,44,45)/t33-,37-/m1/s1. The van der Waals surface area contributed by atoms with Gasteiger partial charge in [-0.15, -0.1) is 0 Å². The molecule has 2 N–H and O–H groups in total. The van der Waals surface area contributed by atoms with E-state index in [4.69, 9.17) is 25.2 Å². The molecular formula is C41H67ClN2O5Si2. The van der Waals surface area contributed by atoms with Crippen LogP contribution in [0, 0.1) is 5.41 Å². The molecule has 286 valence electrons. The van der Waals surface area contributed by atoms with Crippen LogP contribution in [0.4, 0.5) is 0 Å². The maximum atomic E-state index is 13.2. The van der Waals surface area contributed by atoms with Gasteiger partial charge in [-0.05, 0) is 92.3 Å². The summed E-state index contributed by atoms with van der Waals surface area (Å²) < 4.78 is 18.8. The van der Waals surface area contributed by atoms with E-state index >= 15 is 0 Å². The molecule has 0 fully saturated rings. The first-order valence-corrected chi connectivity index (χ1v) is 24.1. The Bertz CT molecular complexity index is 1470. The Kier molecular flexibility index (Phi) is 17.5. The second kappa shape index (κ2) is 19.3. The largest absolute Gasteiger partial charge is 0.541 e. The molecule has 1 aromatic carbocycles. The van der Waals surface area contributed by atoms with Crippen molar-refractivity contribution in [2.24, 2.45) is 5.41 Å². The lowest BCUT2D eigenvalue weighted by atomic mass is 9.86. The van der Waals surface area contributed by atoms with E-state index in [2.05, 4.69) is 78.4 Å². The van der Waals surface area contributed by atoms with Gasteiger partial charge in [0.05, 0.1) is 13.2 Å². The first-order chi connectivity index (χ1) is 23.2. The van der Waals surface area contributed by atoms with E-state index in [0.29, 0.717) is 18.6 Å². The van der Waals surface area contributed by atoms with E-state index < -0.39 is 28.1 Å². The van der Waals surface area contributed by atoms with E-state index in [9.17, 15) is 9.59 Å². The fourth-order valence-electron chi connectivity index (χ4n) is 4.34. The summed E-state index contributed by atoms with van der Waals surface area (Å²) in [6, 6.07) is 5.20. The maximum absolute atomic E-state index is 13.2. The number of hydrogen-bond acceptors (Lipinski definition) is 5. The number of allylic oxidation sites excluding steroid dienone is 5. The van der Waals surface area contributed by atoms with Gasteiger partial charge in [-0.3, -0.25) is 9.59 Å². The number of halogens is 1. The van der Waals surface area contributed by atoms with Crippen LogP contribution in [0.25, 0.3) is 6.08 Å². The van der Waals surface area contributed by atoms with Crippen LogP contribution in [-0.4, -0.2) is 47.7 Å². The summed E-state index contributed by atoms with van der Waals surface area (Å²) in [6.07, 6.45) is 15.6. The second-order valence-electron chi connectivity index (χ2n) is 17.4. The molecule has 2 atom stereocenters. The monoisotopic (exact) mass is 758 g/mol. The molecule has 7 nitrogen and oxygen atoms in total. The van der Waals surface area contributed by atoms with Crippen molar-refractivity contribution in [3.8, 4) is 11.5 Å². The Hall–Kier alpha value is -2.86. The number of amides is 2. The van der Waals surface area contributed by atoms with Crippen molar-refractivity contribution >= 4 is 46.1 Å². The Morgan fingerprint density at radius 1 is 0.863 bits per heavy atom. The zero-order valence-electron chi connectivity index (χ0n) is 34.3. The van der Waals surface area contributed by atoms with Gasteiger partial charge in [-0.1, -0.05) is 122 Å². The Balaban J connectivity index is 2.91. The normalized spacial score (nSPS) is 15.4. The van der Waals surface area contributed by atoms with E-state index in [1.807, 2.05) is 77.1 Å². The van der Waals surface area contributed by atoms with Crippen LogP contribution < -0.4 is 19.8 Å². The maximum Gasteiger partial charge on any atom is 0.250 e. The number of ether oxygens (including phenoxy) is 1. The highest BCUT2D eigenvalue weighted by Crippen LogP contribution is 2.41. The molecule has 0 aliphatic heterocycles. The number of carbonyl (C=O) groups excluding carboxylic acids is 2. The third-order valence-electron chi connectivity index (χ3n) is 9.56. The van der Waals surface area contributed by atoms with Crippen LogP contribution in [0.1, 0.15) is 94.6 Å². The summed E-state index contributed by atoms with van der Waals surface area (Å²) in [5.41, 5.74) is 1.46. The van der Waals surface area contributed by atoms with Crippen molar-refractivity contribution in [2.45, 2.75) is 137 Å². The third-order valence-corrected chi connectivity index (χ3v) is 18.6. The van der Waals surface area contributed by atoms with Crippen molar-refractivity contribution in [3.63, 3.8) is 0 Å². The van der Waals surface area contributed by atoms with Gasteiger partial charge in [-0.2, -0.15) is 0 Å². The number of benzene rings is 1. The fraction of sp³-hybridized carbons (Fsp3) is 0.561. The van der Waals surface area contributed by atoms with E-state index in [1.54, 1.807) is 25.5 Å². The summed E-state index contributed by atoms with van der Waals surface area (Å²) in [6.45, 7) is 31.8. The van der Waals surface area contributed by atoms with Gasteiger partial charge < -0.3 is 24.2 Å². The van der Waals surface area contributed by atoms with Gasteiger partial charge in [0.1, 0.15) is 11.8 Å². The molecule has 0 heterocycles. The van der Waals surface area contributed by atoms with Crippen molar-refractivity contribution in [1.82, 2.24) is 10.6 Å². The van der Waals surface area contributed by atoms with Crippen molar-refractivity contribution < 1.29 is 23.2 Å². The number of rotatable bonds is 16. The van der Waals surface area contributed by atoms with Gasteiger partial charge in [0.25, 0.3) is 8.32 Å². The molecule has 1 rings (SSSR count). The lowest BCUT2D eigenvalue weighted by Gasteiger charge is -2.39. The van der Waals surface area contributed by atoms with Gasteiger partial charge >= 0.3 is 0 Å². The van der Waals surface area contributed by atoms with Crippen LogP contribution in [0.3, 0.4) is 0 Å². The third kappa shape index (κ3) is 16.1. The highest BCUT2D eigenvalue weighted by Gasteiger charge is 2.40. The van der Waals surface area contributed by atoms with E-state index in [-0.39, 0.29) is 28.0 Å². The van der Waals surface area contributed by atoms with Gasteiger partial charge in [-0.25, -0.2) is 0 Å². The summed E-state index contributed by atoms with van der Waals surface area (Å²) in [5, 5.41) is 6.61. The SMILES string of the molecule is COc1cc(C=C(C)C=CC=CC(=O)N[C@H](C(=O)NC=CC[C@H](CC=C(C)Cl)O[Si](C)(C)C(C)(C)C)C(C)(C)C)ccc1O[Si](C)(C)C(C)(C)C. The molecule has 51 heavy (non-hydrogen) atoms. The van der Waals surface area contributed by atoms with Gasteiger partial charge in [0.2, 0.25) is 11.8 Å². The van der Waals surface area contributed by atoms with Crippen LogP contribution in [-0.2, 0) is 14.0 Å². The topological polar surface area (TPSA) is 85.9 Å². The number of nitrogens with one attached hydrogen (secondary N) is 2. The molecule has 0 bridgehead atoms. The Morgan fingerprint density at radius 3 is 1.98 bits per heavy atom. The summed E-state index contributed by atoms with van der Waals surface area (Å²) in [5.74, 6) is 0.815. The molecule has 2 amide bonds. The molecule has 0 aliphatic rings. The predicted octanol–water partition coefficient (Wildman–Crippen LogP) is 11.1. The van der Waals surface area contributed by atoms with Crippen LogP contribution in [0.5, 0.6) is 11.5 Å². The zero-order chi connectivity index (χ0) is 39.4. The van der Waals surface area contributed by atoms with Crippen molar-refractivity contribution in [3.05, 3.63) is 77.0 Å². The highest BCUT2D eigenvalue weighted by atomic mass is 35.5. The van der Waals surface area contributed by atoms with Crippen molar-refractivity contribution in [1.29, 1.82) is 0 Å². The average molecular weight is 760 g/mol. The van der Waals surface area contributed by atoms with Crippen molar-refractivity contribution in [2.75, 3.05) is 7.11 Å². The molecule has 0 aliphatic carbocycles. The zero-order valence-corrected chi connectivity index (χ0v) is 37.1. The van der Waals surface area contributed by atoms with Gasteiger partial charge in [0.15, 0.2) is 14.1 Å². The Morgan fingerprint density at radius 2 is 1.45 bits per heavy atom. The van der Waals surface area contributed by atoms with E-state index in [1.165, 1.54) is 6.08 Å². The first kappa shape index (κ1) is 46.2. The minimum atomic E-state index is -2.01. The molecule has 0 spiro atoms. The predicted molar refractivity (Wildman–Crippen MR) is 222 cm³/mol. The minimum absolute atomic E-state index is 0.0575. The smallest absolute Gasteiger partial charge is 0.250 e. The lowest BCUT2D eigenvalue weighted by molar-refractivity contribution is -0.129. The number of hydrogen-bond donors (Lipinski definition) is 2. The molecule has 0 aromatic heterocycles. The summed E-state index contributed by atoms with van der Waals surface area (Å²) >= 11 is 6.12. The molecule has 10 heteroatoms. The quantitative estimate of drug-likeness (QED) is 0.0996. The lowest BCUT2D eigenvalue weighted by Crippen LogP contribution is -2.52. The minimum Gasteiger partial charge on any atom is -0.541 e. The van der Waals surface area contributed by atoms with Crippen LogP contribution in [0.15, 0.2) is 71.5 Å². The highest BCUT2D eigenvalue weighted by molar-refractivity contribution is 6.75. The summed E-state index contributed by atoms with van der Waals surface area (Å²) in [7, 11) is -2.36. The fourth-order valence-corrected chi connectivity index (χ4v) is 6.83. The molecule has 1 aromatic rings. The number of carbonyl (C=O) groups is 2. The first-order valence-electron chi connectivity index (χ1n) is 17.9. The van der Waals surface area contributed by atoms with E-state index in [0.717, 1.165) is 21.9 Å². The molecular weight excluding hydrogens is 692 g/mol. The average Bonchev–Trinajstić information content (AvgIpc) is 2.97. The number of methoxy groups -OCH3 is 1. The Labute approximate surface area is 317 Å². The second-order valence-corrected chi connectivity index (χ2v) is 27.4. The molecule has 0 radical (unpaired) electrons.